The van der Waals surface area contributed by atoms with Crippen LogP contribution in [-0.4, -0.2) is 49.7 Å². The maximum absolute atomic E-state index is 11.9. The molecule has 1 heterocycles. The summed E-state index contributed by atoms with van der Waals surface area (Å²) in [5, 5.41) is 3.26. The minimum absolute atomic E-state index is 0.232. The number of carbonyl (C=O) groups is 1. The number of carbonyl (C=O) groups excluding carboxylic acids is 1. The molecule has 1 fully saturated rings. The Labute approximate surface area is 98.3 Å². The Bertz CT molecular complexity index is 219. The highest BCUT2D eigenvalue weighted by Gasteiger charge is 2.22. The van der Waals surface area contributed by atoms with Crippen molar-refractivity contribution in [2.45, 2.75) is 45.3 Å². The highest BCUT2D eigenvalue weighted by atomic mass is 16.5. The number of rotatable bonds is 5. The highest BCUT2D eigenvalue weighted by molar-refractivity contribution is 5.76. The lowest BCUT2D eigenvalue weighted by Gasteiger charge is -2.32. The van der Waals surface area contributed by atoms with Gasteiger partial charge in [-0.1, -0.05) is 13.8 Å². The second-order valence-corrected chi connectivity index (χ2v) is 4.70. The number of piperidine rings is 1. The van der Waals surface area contributed by atoms with Gasteiger partial charge in [-0.25, -0.2) is 0 Å². The molecule has 1 aliphatic heterocycles. The Morgan fingerprint density at radius 2 is 2.31 bits per heavy atom. The third-order valence-electron chi connectivity index (χ3n) is 2.96. The van der Waals surface area contributed by atoms with Gasteiger partial charge in [0.05, 0.1) is 6.10 Å². The van der Waals surface area contributed by atoms with Crippen LogP contribution in [0.1, 0.15) is 33.1 Å². The monoisotopic (exact) mass is 228 g/mol. The summed E-state index contributed by atoms with van der Waals surface area (Å²) in [6, 6.07) is 0.445. The predicted octanol–water partition coefficient (Wildman–Crippen LogP) is 1.01. The van der Waals surface area contributed by atoms with Crippen LogP contribution in [0.3, 0.4) is 0 Å². The van der Waals surface area contributed by atoms with Gasteiger partial charge in [0.2, 0.25) is 5.91 Å². The molecule has 1 saturated heterocycles. The summed E-state index contributed by atoms with van der Waals surface area (Å²) in [5.74, 6) is 0.245. The molecule has 0 aromatic heterocycles. The minimum atomic E-state index is 0.232. The van der Waals surface area contributed by atoms with Gasteiger partial charge in [-0.15, -0.1) is 0 Å². The number of likely N-dealkylation sites (tertiary alicyclic amines) is 1. The Hall–Kier alpha value is -0.610. The van der Waals surface area contributed by atoms with Gasteiger partial charge in [-0.2, -0.15) is 0 Å². The van der Waals surface area contributed by atoms with Crippen LogP contribution in [0.5, 0.6) is 0 Å². The lowest BCUT2D eigenvalue weighted by molar-refractivity contribution is -0.134. The van der Waals surface area contributed by atoms with Crippen LogP contribution in [0.2, 0.25) is 0 Å². The molecule has 0 bridgehead atoms. The first-order valence-corrected chi connectivity index (χ1v) is 6.17. The molecule has 1 aliphatic rings. The Balaban J connectivity index is 2.24. The van der Waals surface area contributed by atoms with Crippen molar-refractivity contribution < 1.29 is 9.53 Å². The molecule has 4 nitrogen and oxygen atoms in total. The van der Waals surface area contributed by atoms with Crippen LogP contribution in [0.4, 0.5) is 0 Å². The van der Waals surface area contributed by atoms with E-state index in [-0.39, 0.29) is 12.0 Å². The van der Waals surface area contributed by atoms with E-state index in [2.05, 4.69) is 19.2 Å². The largest absolute Gasteiger partial charge is 0.380 e. The molecule has 0 radical (unpaired) electrons. The first kappa shape index (κ1) is 13.5. The molecular formula is C12H24N2O2. The van der Waals surface area contributed by atoms with Gasteiger partial charge >= 0.3 is 0 Å². The number of hydrogen-bond donors (Lipinski definition) is 1. The number of nitrogens with one attached hydrogen (secondary N) is 1. The van der Waals surface area contributed by atoms with Crippen molar-refractivity contribution in [2.24, 2.45) is 0 Å². The first-order chi connectivity index (χ1) is 7.63. The molecule has 0 saturated carbocycles. The summed E-state index contributed by atoms with van der Waals surface area (Å²) in [5.41, 5.74) is 0. The molecule has 1 N–H and O–H groups in total. The zero-order valence-corrected chi connectivity index (χ0v) is 10.7. The van der Waals surface area contributed by atoms with E-state index in [9.17, 15) is 4.79 Å². The molecule has 0 spiro atoms. The van der Waals surface area contributed by atoms with Crippen molar-refractivity contribution >= 4 is 5.91 Å². The third kappa shape index (κ3) is 4.49. The van der Waals surface area contributed by atoms with Crippen molar-refractivity contribution in [1.82, 2.24) is 10.2 Å². The third-order valence-corrected chi connectivity index (χ3v) is 2.96. The van der Waals surface area contributed by atoms with Gasteiger partial charge in [-0.3, -0.25) is 4.79 Å². The van der Waals surface area contributed by atoms with Crippen LogP contribution in [0.25, 0.3) is 0 Å². The smallest absolute Gasteiger partial charge is 0.223 e. The van der Waals surface area contributed by atoms with E-state index in [0.717, 1.165) is 32.5 Å². The van der Waals surface area contributed by atoms with Gasteiger partial charge in [0.25, 0.3) is 0 Å². The van der Waals surface area contributed by atoms with E-state index >= 15 is 0 Å². The second kappa shape index (κ2) is 6.86. The van der Waals surface area contributed by atoms with Crippen molar-refractivity contribution in [3.05, 3.63) is 0 Å². The predicted molar refractivity (Wildman–Crippen MR) is 64.4 cm³/mol. The van der Waals surface area contributed by atoms with Gasteiger partial charge in [0, 0.05) is 39.2 Å². The fraction of sp³-hybridized carbons (Fsp3) is 0.917. The number of amides is 1. The number of methoxy groups -OCH3 is 1. The molecule has 0 aromatic carbocycles. The zero-order valence-electron chi connectivity index (χ0n) is 10.7. The summed E-state index contributed by atoms with van der Waals surface area (Å²) >= 11 is 0. The maximum Gasteiger partial charge on any atom is 0.223 e. The quantitative estimate of drug-likeness (QED) is 0.763. The van der Waals surface area contributed by atoms with Crippen LogP contribution < -0.4 is 5.32 Å². The van der Waals surface area contributed by atoms with Crippen molar-refractivity contribution in [2.75, 3.05) is 26.7 Å². The van der Waals surface area contributed by atoms with Gasteiger partial charge in [-0.05, 0) is 12.8 Å². The minimum Gasteiger partial charge on any atom is -0.380 e. The Kier molecular flexibility index (Phi) is 5.77. The molecule has 94 valence electrons. The Morgan fingerprint density at radius 1 is 1.56 bits per heavy atom. The fourth-order valence-electron chi connectivity index (χ4n) is 1.98. The van der Waals surface area contributed by atoms with E-state index in [1.165, 1.54) is 0 Å². The number of ether oxygens (including phenoxy) is 1. The standard InChI is InChI=1S/C12H24N2O2/c1-10(2)13-7-6-12(15)14-8-4-5-11(9-14)16-3/h10-11,13H,4-9H2,1-3H3. The van der Waals surface area contributed by atoms with E-state index in [4.69, 9.17) is 4.74 Å². The van der Waals surface area contributed by atoms with Crippen LogP contribution in [0.15, 0.2) is 0 Å². The van der Waals surface area contributed by atoms with Crippen molar-refractivity contribution in [3.8, 4) is 0 Å². The van der Waals surface area contributed by atoms with Gasteiger partial charge < -0.3 is 15.0 Å². The molecule has 4 heteroatoms. The van der Waals surface area contributed by atoms with Crippen molar-refractivity contribution in [3.63, 3.8) is 0 Å². The maximum atomic E-state index is 11.9. The molecule has 1 rings (SSSR count). The van der Waals surface area contributed by atoms with E-state index < -0.39 is 0 Å². The molecule has 0 aliphatic carbocycles. The average Bonchev–Trinajstić information content (AvgIpc) is 2.28. The summed E-state index contributed by atoms with van der Waals surface area (Å²) in [4.78, 5) is 13.8. The fourth-order valence-corrected chi connectivity index (χ4v) is 1.98. The van der Waals surface area contributed by atoms with E-state index in [1.807, 2.05) is 4.90 Å². The normalized spacial score (nSPS) is 21.5. The summed E-state index contributed by atoms with van der Waals surface area (Å²) in [7, 11) is 1.72. The molecule has 1 atom stereocenters. The van der Waals surface area contributed by atoms with Crippen molar-refractivity contribution in [1.29, 1.82) is 0 Å². The Morgan fingerprint density at radius 3 is 2.94 bits per heavy atom. The lowest BCUT2D eigenvalue weighted by Crippen LogP contribution is -2.43. The van der Waals surface area contributed by atoms with Crippen LogP contribution in [-0.2, 0) is 9.53 Å². The summed E-state index contributed by atoms with van der Waals surface area (Å²) in [6.07, 6.45) is 2.96. The average molecular weight is 228 g/mol. The summed E-state index contributed by atoms with van der Waals surface area (Å²) < 4.78 is 5.30. The molecule has 1 amide bonds. The number of hydrogen-bond acceptors (Lipinski definition) is 3. The molecule has 0 aromatic rings. The van der Waals surface area contributed by atoms with Gasteiger partial charge in [0.1, 0.15) is 0 Å². The first-order valence-electron chi connectivity index (χ1n) is 6.17. The molecule has 16 heavy (non-hydrogen) atoms. The van der Waals surface area contributed by atoms with Gasteiger partial charge in [0.15, 0.2) is 0 Å². The topological polar surface area (TPSA) is 41.6 Å². The second-order valence-electron chi connectivity index (χ2n) is 4.70. The highest BCUT2D eigenvalue weighted by Crippen LogP contribution is 2.13. The van der Waals surface area contributed by atoms with Crippen LogP contribution in [0, 0.1) is 0 Å². The molecule has 1 unspecified atom stereocenters. The molecular weight excluding hydrogens is 204 g/mol. The number of nitrogens with zero attached hydrogens (tertiary/aromatic N) is 1. The van der Waals surface area contributed by atoms with E-state index in [1.54, 1.807) is 7.11 Å². The van der Waals surface area contributed by atoms with Crippen LogP contribution >= 0.6 is 0 Å². The summed E-state index contributed by atoms with van der Waals surface area (Å²) in [6.45, 7) is 6.60. The lowest BCUT2D eigenvalue weighted by atomic mass is 10.1. The SMILES string of the molecule is COC1CCCN(C(=O)CCNC(C)C)C1. The van der Waals surface area contributed by atoms with E-state index in [0.29, 0.717) is 12.5 Å². The zero-order chi connectivity index (χ0) is 12.0.